The molecule has 0 radical (unpaired) electrons. The number of likely N-dealkylation sites (tertiary alicyclic amines) is 1. The van der Waals surface area contributed by atoms with Crippen molar-refractivity contribution in [2.24, 2.45) is 5.92 Å². The van der Waals surface area contributed by atoms with Gasteiger partial charge >= 0.3 is 0 Å². The standard InChI is InChI=1S/C20H31N3O/c1-2-5-16(6-3-1)13-23-11-9-17(14-23)22-19-8-4-7-18(19)20-15-24-12-10-21-20/h1-3,5-6,17-22H,4,7-15H2. The highest BCUT2D eigenvalue weighted by molar-refractivity contribution is 5.14. The van der Waals surface area contributed by atoms with Crippen LogP contribution in [0.5, 0.6) is 0 Å². The Hall–Kier alpha value is -0.940. The number of hydrogen-bond acceptors (Lipinski definition) is 4. The lowest BCUT2D eigenvalue weighted by Gasteiger charge is -2.34. The molecule has 4 unspecified atom stereocenters. The van der Waals surface area contributed by atoms with Crippen LogP contribution in [0.4, 0.5) is 0 Å². The van der Waals surface area contributed by atoms with Gasteiger partial charge in [0.15, 0.2) is 0 Å². The third-order valence-electron chi connectivity index (χ3n) is 6.01. The summed E-state index contributed by atoms with van der Waals surface area (Å²) in [7, 11) is 0. The molecule has 3 fully saturated rings. The van der Waals surface area contributed by atoms with Gasteiger partial charge in [0.2, 0.25) is 0 Å². The van der Waals surface area contributed by atoms with Crippen molar-refractivity contribution >= 4 is 0 Å². The average Bonchev–Trinajstić information content (AvgIpc) is 3.27. The van der Waals surface area contributed by atoms with Gasteiger partial charge in [0.25, 0.3) is 0 Å². The fourth-order valence-corrected chi connectivity index (χ4v) is 4.79. The van der Waals surface area contributed by atoms with E-state index in [1.54, 1.807) is 0 Å². The van der Waals surface area contributed by atoms with E-state index < -0.39 is 0 Å². The number of nitrogens with one attached hydrogen (secondary N) is 2. The Bertz CT molecular complexity index is 503. The van der Waals surface area contributed by atoms with Crippen molar-refractivity contribution in [1.29, 1.82) is 0 Å². The molecule has 132 valence electrons. The fourth-order valence-electron chi connectivity index (χ4n) is 4.79. The summed E-state index contributed by atoms with van der Waals surface area (Å²) in [5, 5.41) is 7.69. The molecule has 0 bridgehead atoms. The first-order chi connectivity index (χ1) is 11.9. The Morgan fingerprint density at radius 2 is 2.08 bits per heavy atom. The summed E-state index contributed by atoms with van der Waals surface area (Å²) in [6, 6.07) is 12.7. The van der Waals surface area contributed by atoms with Crippen LogP contribution in [0.25, 0.3) is 0 Å². The van der Waals surface area contributed by atoms with Crippen LogP contribution in [0.3, 0.4) is 0 Å². The van der Waals surface area contributed by atoms with Crippen molar-refractivity contribution in [2.75, 3.05) is 32.8 Å². The number of hydrogen-bond donors (Lipinski definition) is 2. The summed E-state index contributed by atoms with van der Waals surface area (Å²) in [5.41, 5.74) is 1.43. The largest absolute Gasteiger partial charge is 0.379 e. The molecular weight excluding hydrogens is 298 g/mol. The van der Waals surface area contributed by atoms with Crippen LogP contribution in [0.15, 0.2) is 30.3 Å². The number of ether oxygens (including phenoxy) is 1. The molecular formula is C20H31N3O. The summed E-state index contributed by atoms with van der Waals surface area (Å²) in [6.45, 7) is 6.28. The van der Waals surface area contributed by atoms with Crippen molar-refractivity contribution in [2.45, 2.75) is 50.4 Å². The maximum Gasteiger partial charge on any atom is 0.0623 e. The SMILES string of the molecule is c1ccc(CN2CCC(NC3CCCC3C3COCCN3)C2)cc1. The van der Waals surface area contributed by atoms with Gasteiger partial charge in [0.05, 0.1) is 13.2 Å². The normalized spacial score (nSPS) is 34.7. The molecule has 1 aromatic carbocycles. The molecule has 0 aromatic heterocycles. The van der Waals surface area contributed by atoms with E-state index in [-0.39, 0.29) is 0 Å². The van der Waals surface area contributed by atoms with Crippen LogP contribution in [0, 0.1) is 5.92 Å². The highest BCUT2D eigenvalue weighted by Gasteiger charge is 2.36. The van der Waals surface area contributed by atoms with Gasteiger partial charge in [-0.05, 0) is 30.7 Å². The highest BCUT2D eigenvalue weighted by atomic mass is 16.5. The fraction of sp³-hybridized carbons (Fsp3) is 0.700. The minimum absolute atomic E-state index is 0.556. The lowest BCUT2D eigenvalue weighted by atomic mass is 9.93. The zero-order chi connectivity index (χ0) is 16.2. The number of nitrogens with zero attached hydrogens (tertiary/aromatic N) is 1. The lowest BCUT2D eigenvalue weighted by molar-refractivity contribution is 0.0517. The zero-order valence-corrected chi connectivity index (χ0v) is 14.6. The number of benzene rings is 1. The molecule has 2 aliphatic heterocycles. The van der Waals surface area contributed by atoms with E-state index in [1.807, 2.05) is 0 Å². The van der Waals surface area contributed by atoms with Gasteiger partial charge in [-0.3, -0.25) is 4.90 Å². The molecule has 0 spiro atoms. The van der Waals surface area contributed by atoms with Crippen LogP contribution in [-0.2, 0) is 11.3 Å². The second-order valence-corrected chi connectivity index (χ2v) is 7.71. The molecule has 2 N–H and O–H groups in total. The molecule has 1 aromatic rings. The van der Waals surface area contributed by atoms with Gasteiger partial charge in [0.1, 0.15) is 0 Å². The van der Waals surface area contributed by atoms with Gasteiger partial charge in [0, 0.05) is 44.3 Å². The van der Waals surface area contributed by atoms with Gasteiger partial charge in [-0.25, -0.2) is 0 Å². The molecule has 1 saturated carbocycles. The molecule has 2 heterocycles. The first kappa shape index (κ1) is 16.5. The Kier molecular flexibility index (Phi) is 5.48. The van der Waals surface area contributed by atoms with E-state index in [9.17, 15) is 0 Å². The van der Waals surface area contributed by atoms with Gasteiger partial charge in [-0.1, -0.05) is 36.8 Å². The van der Waals surface area contributed by atoms with Crippen molar-refractivity contribution < 1.29 is 4.74 Å². The van der Waals surface area contributed by atoms with E-state index in [1.165, 1.54) is 44.3 Å². The molecule has 4 rings (SSSR count). The molecule has 2 saturated heterocycles. The van der Waals surface area contributed by atoms with Crippen molar-refractivity contribution in [3.05, 3.63) is 35.9 Å². The first-order valence-electron chi connectivity index (χ1n) is 9.72. The quantitative estimate of drug-likeness (QED) is 0.866. The maximum atomic E-state index is 5.70. The van der Waals surface area contributed by atoms with E-state index >= 15 is 0 Å². The Labute approximate surface area is 145 Å². The monoisotopic (exact) mass is 329 g/mol. The predicted octanol–water partition coefficient (Wildman–Crippen LogP) is 2.01. The van der Waals surface area contributed by atoms with E-state index in [2.05, 4.69) is 45.9 Å². The van der Waals surface area contributed by atoms with Crippen LogP contribution < -0.4 is 10.6 Å². The van der Waals surface area contributed by atoms with Crippen LogP contribution in [0.2, 0.25) is 0 Å². The van der Waals surface area contributed by atoms with E-state index in [0.717, 1.165) is 32.2 Å². The molecule has 0 amide bonds. The zero-order valence-electron chi connectivity index (χ0n) is 14.6. The van der Waals surface area contributed by atoms with Crippen LogP contribution in [0.1, 0.15) is 31.2 Å². The summed E-state index contributed by atoms with van der Waals surface area (Å²) >= 11 is 0. The van der Waals surface area contributed by atoms with E-state index in [0.29, 0.717) is 18.1 Å². The third kappa shape index (κ3) is 3.99. The highest BCUT2D eigenvalue weighted by Crippen LogP contribution is 2.30. The second-order valence-electron chi connectivity index (χ2n) is 7.71. The number of rotatable bonds is 5. The smallest absolute Gasteiger partial charge is 0.0623 e. The molecule has 3 aliphatic rings. The average molecular weight is 329 g/mol. The van der Waals surface area contributed by atoms with Gasteiger partial charge < -0.3 is 15.4 Å². The predicted molar refractivity (Wildman–Crippen MR) is 97.0 cm³/mol. The van der Waals surface area contributed by atoms with E-state index in [4.69, 9.17) is 4.74 Å². The number of morpholine rings is 1. The summed E-state index contributed by atoms with van der Waals surface area (Å²) in [5.74, 6) is 0.744. The minimum atomic E-state index is 0.556. The van der Waals surface area contributed by atoms with Crippen molar-refractivity contribution in [3.63, 3.8) is 0 Å². The molecule has 4 atom stereocenters. The molecule has 4 nitrogen and oxygen atoms in total. The summed E-state index contributed by atoms with van der Waals surface area (Å²) in [6.07, 6.45) is 5.32. The second kappa shape index (κ2) is 7.96. The maximum absolute atomic E-state index is 5.70. The van der Waals surface area contributed by atoms with Gasteiger partial charge in [-0.15, -0.1) is 0 Å². The topological polar surface area (TPSA) is 36.5 Å². The Balaban J connectivity index is 1.28. The summed E-state index contributed by atoms with van der Waals surface area (Å²) < 4.78 is 5.70. The van der Waals surface area contributed by atoms with Crippen molar-refractivity contribution in [1.82, 2.24) is 15.5 Å². The molecule has 24 heavy (non-hydrogen) atoms. The van der Waals surface area contributed by atoms with Gasteiger partial charge in [-0.2, -0.15) is 0 Å². The third-order valence-corrected chi connectivity index (χ3v) is 6.01. The first-order valence-corrected chi connectivity index (χ1v) is 9.72. The van der Waals surface area contributed by atoms with Crippen molar-refractivity contribution in [3.8, 4) is 0 Å². The Morgan fingerprint density at radius 3 is 2.92 bits per heavy atom. The summed E-state index contributed by atoms with van der Waals surface area (Å²) in [4.78, 5) is 2.60. The molecule has 4 heteroatoms. The minimum Gasteiger partial charge on any atom is -0.379 e. The lowest BCUT2D eigenvalue weighted by Crippen LogP contribution is -2.52. The van der Waals surface area contributed by atoms with Crippen LogP contribution >= 0.6 is 0 Å². The Morgan fingerprint density at radius 1 is 1.17 bits per heavy atom. The van der Waals surface area contributed by atoms with Crippen LogP contribution in [-0.4, -0.2) is 55.9 Å². The molecule has 1 aliphatic carbocycles.